The fraction of sp³-hybridized carbons (Fsp3) is 0.375. The van der Waals surface area contributed by atoms with Crippen LogP contribution in [0.2, 0.25) is 0 Å². The lowest BCUT2D eigenvalue weighted by Gasteiger charge is -2.11. The molecular weight excluding hydrogens is 284 g/mol. The Bertz CT molecular complexity index is 637. The van der Waals surface area contributed by atoms with Crippen molar-refractivity contribution in [2.24, 2.45) is 0 Å². The largest absolute Gasteiger partial charge is 0.497 e. The number of carbonyl (C=O) groups is 1. The highest BCUT2D eigenvalue weighted by molar-refractivity contribution is 5.78. The number of aryl methyl sites for hydroxylation is 1. The number of hydrogen-bond acceptors (Lipinski definition) is 5. The van der Waals surface area contributed by atoms with Crippen LogP contribution >= 0.6 is 0 Å². The smallest absolute Gasteiger partial charge is 0.227 e. The highest BCUT2D eigenvalue weighted by Crippen LogP contribution is 2.24. The predicted octanol–water partition coefficient (Wildman–Crippen LogP) is 1.90. The van der Waals surface area contributed by atoms with Crippen molar-refractivity contribution in [1.82, 2.24) is 10.3 Å². The fourth-order valence-corrected chi connectivity index (χ4v) is 2.12. The molecule has 6 heteroatoms. The van der Waals surface area contributed by atoms with Gasteiger partial charge in [-0.1, -0.05) is 0 Å². The molecule has 2 aromatic rings. The summed E-state index contributed by atoms with van der Waals surface area (Å²) >= 11 is 0. The summed E-state index contributed by atoms with van der Waals surface area (Å²) in [4.78, 5) is 15.8. The number of benzene rings is 1. The summed E-state index contributed by atoms with van der Waals surface area (Å²) in [5, 5.41) is 2.86. The van der Waals surface area contributed by atoms with Crippen LogP contribution in [0.25, 0.3) is 0 Å². The summed E-state index contributed by atoms with van der Waals surface area (Å²) in [6, 6.07) is 5.60. The SMILES string of the molecule is COc1ccc(OC)c(CCNC(=O)Cc2ocnc2C)c1. The zero-order valence-electron chi connectivity index (χ0n) is 13.0. The van der Waals surface area contributed by atoms with Gasteiger partial charge in [0, 0.05) is 6.54 Å². The number of aromatic nitrogens is 1. The molecule has 6 nitrogen and oxygen atoms in total. The zero-order chi connectivity index (χ0) is 15.9. The molecule has 0 radical (unpaired) electrons. The van der Waals surface area contributed by atoms with Gasteiger partial charge >= 0.3 is 0 Å². The van der Waals surface area contributed by atoms with Crippen molar-refractivity contribution in [1.29, 1.82) is 0 Å². The quantitative estimate of drug-likeness (QED) is 0.845. The zero-order valence-corrected chi connectivity index (χ0v) is 13.0. The minimum Gasteiger partial charge on any atom is -0.497 e. The minimum absolute atomic E-state index is 0.0956. The van der Waals surface area contributed by atoms with E-state index < -0.39 is 0 Å². The maximum absolute atomic E-state index is 11.9. The Balaban J connectivity index is 1.88. The molecule has 118 valence electrons. The van der Waals surface area contributed by atoms with E-state index in [0.29, 0.717) is 18.7 Å². The highest BCUT2D eigenvalue weighted by Gasteiger charge is 2.10. The second-order valence-corrected chi connectivity index (χ2v) is 4.82. The Morgan fingerprint density at radius 1 is 1.32 bits per heavy atom. The topological polar surface area (TPSA) is 73.6 Å². The van der Waals surface area contributed by atoms with Crippen molar-refractivity contribution < 1.29 is 18.7 Å². The Hall–Kier alpha value is -2.50. The molecule has 0 spiro atoms. The molecule has 1 amide bonds. The molecule has 2 rings (SSSR count). The van der Waals surface area contributed by atoms with Gasteiger partial charge in [-0.05, 0) is 37.1 Å². The van der Waals surface area contributed by atoms with Crippen molar-refractivity contribution in [2.75, 3.05) is 20.8 Å². The number of nitrogens with zero attached hydrogens (tertiary/aromatic N) is 1. The third-order valence-electron chi connectivity index (χ3n) is 3.37. The van der Waals surface area contributed by atoms with Crippen molar-refractivity contribution >= 4 is 5.91 Å². The molecule has 0 aliphatic rings. The van der Waals surface area contributed by atoms with Crippen molar-refractivity contribution in [3.63, 3.8) is 0 Å². The number of methoxy groups -OCH3 is 2. The van der Waals surface area contributed by atoms with Gasteiger partial charge in [-0.15, -0.1) is 0 Å². The molecule has 1 aromatic heterocycles. The molecule has 1 aromatic carbocycles. The van der Waals surface area contributed by atoms with E-state index in [9.17, 15) is 4.79 Å². The van der Waals surface area contributed by atoms with Crippen molar-refractivity contribution in [2.45, 2.75) is 19.8 Å². The average molecular weight is 304 g/mol. The summed E-state index contributed by atoms with van der Waals surface area (Å²) < 4.78 is 15.7. The van der Waals surface area contributed by atoms with Crippen LogP contribution in [0.5, 0.6) is 11.5 Å². The normalized spacial score (nSPS) is 10.3. The summed E-state index contributed by atoms with van der Waals surface area (Å²) in [5.41, 5.74) is 1.72. The second kappa shape index (κ2) is 7.49. The maximum atomic E-state index is 11.9. The monoisotopic (exact) mass is 304 g/mol. The Labute approximate surface area is 129 Å². The molecule has 0 fully saturated rings. The third-order valence-corrected chi connectivity index (χ3v) is 3.37. The lowest BCUT2D eigenvalue weighted by Crippen LogP contribution is -2.27. The third kappa shape index (κ3) is 4.00. The number of rotatable bonds is 7. The summed E-state index contributed by atoms with van der Waals surface area (Å²) in [6.07, 6.45) is 2.20. The molecule has 0 unspecified atom stereocenters. The fourth-order valence-electron chi connectivity index (χ4n) is 2.12. The van der Waals surface area contributed by atoms with Crippen molar-refractivity contribution in [3.05, 3.63) is 41.6 Å². The standard InChI is InChI=1S/C16H20N2O4/c1-11-15(22-10-18-11)9-16(19)17-7-6-12-8-13(20-2)4-5-14(12)21-3/h4-5,8,10H,6-7,9H2,1-3H3,(H,17,19). The van der Waals surface area contributed by atoms with Gasteiger partial charge in [0.25, 0.3) is 0 Å². The number of nitrogens with one attached hydrogen (secondary N) is 1. The average Bonchev–Trinajstić information content (AvgIpc) is 2.92. The van der Waals surface area contributed by atoms with Gasteiger partial charge in [-0.2, -0.15) is 0 Å². The molecule has 0 saturated heterocycles. The van der Waals surface area contributed by atoms with Crippen molar-refractivity contribution in [3.8, 4) is 11.5 Å². The van der Waals surface area contributed by atoms with E-state index in [1.807, 2.05) is 25.1 Å². The van der Waals surface area contributed by atoms with Crippen LogP contribution in [0.15, 0.2) is 29.0 Å². The van der Waals surface area contributed by atoms with Crippen LogP contribution in [0.3, 0.4) is 0 Å². The van der Waals surface area contributed by atoms with Crippen LogP contribution in [0.4, 0.5) is 0 Å². The molecule has 0 aliphatic carbocycles. The lowest BCUT2D eigenvalue weighted by atomic mass is 10.1. The van der Waals surface area contributed by atoms with Gasteiger partial charge in [-0.25, -0.2) is 4.98 Å². The number of amides is 1. The first kappa shape index (κ1) is 15.9. The number of hydrogen-bond donors (Lipinski definition) is 1. The Kier molecular flexibility index (Phi) is 5.41. The first-order valence-electron chi connectivity index (χ1n) is 7.00. The highest BCUT2D eigenvalue weighted by atomic mass is 16.5. The van der Waals surface area contributed by atoms with Gasteiger partial charge < -0.3 is 19.2 Å². The van der Waals surface area contributed by atoms with E-state index in [2.05, 4.69) is 10.3 Å². The molecular formula is C16H20N2O4. The van der Waals surface area contributed by atoms with Gasteiger partial charge in [0.05, 0.1) is 26.3 Å². The molecule has 0 saturated carbocycles. The molecule has 0 atom stereocenters. The van der Waals surface area contributed by atoms with Gasteiger partial charge in [0.15, 0.2) is 6.39 Å². The van der Waals surface area contributed by atoms with Gasteiger partial charge in [-0.3, -0.25) is 4.79 Å². The Morgan fingerprint density at radius 2 is 2.14 bits per heavy atom. The predicted molar refractivity (Wildman–Crippen MR) is 81.2 cm³/mol. The Morgan fingerprint density at radius 3 is 2.77 bits per heavy atom. The van der Waals surface area contributed by atoms with Gasteiger partial charge in [0.2, 0.25) is 5.91 Å². The number of carbonyl (C=O) groups excluding carboxylic acids is 1. The van der Waals surface area contributed by atoms with E-state index in [4.69, 9.17) is 13.9 Å². The molecule has 0 aliphatic heterocycles. The molecule has 1 heterocycles. The van der Waals surface area contributed by atoms with Gasteiger partial charge in [0.1, 0.15) is 17.3 Å². The lowest BCUT2D eigenvalue weighted by molar-refractivity contribution is -0.120. The first-order valence-corrected chi connectivity index (χ1v) is 7.00. The van der Waals surface area contributed by atoms with Crippen LogP contribution in [0, 0.1) is 6.92 Å². The minimum atomic E-state index is -0.0956. The number of oxazole rings is 1. The summed E-state index contributed by atoms with van der Waals surface area (Å²) in [5.74, 6) is 2.04. The molecule has 1 N–H and O–H groups in total. The van der Waals surface area contributed by atoms with Crippen LogP contribution in [0.1, 0.15) is 17.0 Å². The van der Waals surface area contributed by atoms with E-state index in [0.717, 1.165) is 22.8 Å². The first-order chi connectivity index (χ1) is 10.6. The van der Waals surface area contributed by atoms with Crippen LogP contribution in [-0.2, 0) is 17.6 Å². The van der Waals surface area contributed by atoms with E-state index in [-0.39, 0.29) is 12.3 Å². The number of ether oxygens (including phenoxy) is 2. The molecule has 22 heavy (non-hydrogen) atoms. The van der Waals surface area contributed by atoms with E-state index in [1.165, 1.54) is 6.39 Å². The van der Waals surface area contributed by atoms with E-state index in [1.54, 1.807) is 14.2 Å². The maximum Gasteiger partial charge on any atom is 0.227 e. The van der Waals surface area contributed by atoms with Crippen LogP contribution in [-0.4, -0.2) is 31.7 Å². The van der Waals surface area contributed by atoms with Crippen LogP contribution < -0.4 is 14.8 Å². The summed E-state index contributed by atoms with van der Waals surface area (Å²) in [6.45, 7) is 2.32. The summed E-state index contributed by atoms with van der Waals surface area (Å²) in [7, 11) is 3.24. The van der Waals surface area contributed by atoms with E-state index >= 15 is 0 Å². The molecule has 0 bridgehead atoms. The second-order valence-electron chi connectivity index (χ2n) is 4.82.